The number of Topliss-reactive ketones (excluding diaryl/α,β-unsaturated/α-hetero) is 1. The van der Waals surface area contributed by atoms with Gasteiger partial charge < -0.3 is 10.5 Å². The fourth-order valence-electron chi connectivity index (χ4n) is 1.23. The molecule has 1 rings (SSSR count). The van der Waals surface area contributed by atoms with E-state index in [1.165, 1.54) is 0 Å². The van der Waals surface area contributed by atoms with Crippen LogP contribution in [-0.4, -0.2) is 24.5 Å². The number of carbonyl (C=O) groups excluding carboxylic acids is 1. The third-order valence-corrected chi connectivity index (χ3v) is 1.99. The van der Waals surface area contributed by atoms with Gasteiger partial charge in [0.2, 0.25) is 0 Å². The van der Waals surface area contributed by atoms with Crippen LogP contribution in [0.2, 0.25) is 0 Å². The molecule has 0 aromatic rings. The molecule has 2 N–H and O–H groups in total. The smallest absolute Gasteiger partial charge is 0.165 e. The number of ketones is 1. The van der Waals surface area contributed by atoms with Gasteiger partial charge in [-0.05, 0) is 6.42 Å². The van der Waals surface area contributed by atoms with Crippen LogP contribution in [0.1, 0.15) is 20.3 Å². The Labute approximate surface area is 66.9 Å². The van der Waals surface area contributed by atoms with E-state index in [0.29, 0.717) is 6.61 Å². The van der Waals surface area contributed by atoms with Crippen molar-refractivity contribution in [3.63, 3.8) is 0 Å². The molecule has 1 aliphatic rings. The fraction of sp³-hybridized carbons (Fsp3) is 0.875. The number of carbonyl (C=O) groups is 1. The molecule has 64 valence electrons. The Hall–Kier alpha value is -0.410. The first-order valence-electron chi connectivity index (χ1n) is 4.04. The quantitative estimate of drug-likeness (QED) is 0.628. The van der Waals surface area contributed by atoms with Crippen molar-refractivity contribution in [2.75, 3.05) is 6.61 Å². The summed E-state index contributed by atoms with van der Waals surface area (Å²) in [6.45, 7) is 4.37. The highest BCUT2D eigenvalue weighted by atomic mass is 16.5. The lowest BCUT2D eigenvalue weighted by Gasteiger charge is -2.14. The Morgan fingerprint density at radius 2 is 2.27 bits per heavy atom. The zero-order valence-electron chi connectivity index (χ0n) is 7.04. The molecule has 1 saturated heterocycles. The first-order chi connectivity index (χ1) is 5.13. The minimum atomic E-state index is -0.338. The predicted octanol–water partition coefficient (Wildman–Crippen LogP) is 0.328. The normalized spacial score (nSPS) is 31.3. The van der Waals surface area contributed by atoms with Gasteiger partial charge in [0, 0.05) is 18.6 Å². The van der Waals surface area contributed by atoms with Crippen molar-refractivity contribution >= 4 is 5.78 Å². The van der Waals surface area contributed by atoms with E-state index in [1.54, 1.807) is 0 Å². The van der Waals surface area contributed by atoms with Gasteiger partial charge in [0.15, 0.2) is 5.78 Å². The monoisotopic (exact) mass is 157 g/mol. The molecule has 0 aliphatic carbocycles. The summed E-state index contributed by atoms with van der Waals surface area (Å²) in [5.41, 5.74) is 5.67. The molecule has 0 bridgehead atoms. The molecule has 11 heavy (non-hydrogen) atoms. The third-order valence-electron chi connectivity index (χ3n) is 1.99. The average molecular weight is 157 g/mol. The van der Waals surface area contributed by atoms with Crippen molar-refractivity contribution in [2.24, 2.45) is 11.7 Å². The summed E-state index contributed by atoms with van der Waals surface area (Å²) in [6.07, 6.45) is 0.471. The van der Waals surface area contributed by atoms with E-state index >= 15 is 0 Å². The van der Waals surface area contributed by atoms with Crippen molar-refractivity contribution in [1.82, 2.24) is 0 Å². The Balaban J connectivity index is 2.53. The van der Waals surface area contributed by atoms with E-state index in [9.17, 15) is 4.79 Å². The molecule has 3 nitrogen and oxygen atoms in total. The highest BCUT2D eigenvalue weighted by Crippen LogP contribution is 2.15. The standard InChI is InChI=1S/C8H15NO2/c1-5(2)7(10)8-6(9)3-4-11-8/h5-6,8H,3-4,9H2,1-2H3. The van der Waals surface area contributed by atoms with E-state index < -0.39 is 0 Å². The van der Waals surface area contributed by atoms with Crippen LogP contribution in [0, 0.1) is 5.92 Å². The molecule has 0 amide bonds. The first kappa shape index (κ1) is 8.68. The fourth-order valence-corrected chi connectivity index (χ4v) is 1.23. The van der Waals surface area contributed by atoms with Crippen molar-refractivity contribution in [1.29, 1.82) is 0 Å². The van der Waals surface area contributed by atoms with Gasteiger partial charge in [-0.1, -0.05) is 13.8 Å². The van der Waals surface area contributed by atoms with Crippen LogP contribution < -0.4 is 5.73 Å². The van der Waals surface area contributed by atoms with Crippen LogP contribution in [0.5, 0.6) is 0 Å². The van der Waals surface area contributed by atoms with E-state index in [-0.39, 0.29) is 23.8 Å². The molecule has 1 heterocycles. The van der Waals surface area contributed by atoms with Crippen molar-refractivity contribution in [2.45, 2.75) is 32.4 Å². The third kappa shape index (κ3) is 1.79. The molecular formula is C8H15NO2. The van der Waals surface area contributed by atoms with Gasteiger partial charge in [-0.3, -0.25) is 4.79 Å². The second kappa shape index (κ2) is 3.32. The molecule has 0 radical (unpaired) electrons. The zero-order valence-corrected chi connectivity index (χ0v) is 7.04. The largest absolute Gasteiger partial charge is 0.369 e. The highest BCUT2D eigenvalue weighted by Gasteiger charge is 2.32. The molecule has 0 aromatic heterocycles. The predicted molar refractivity (Wildman–Crippen MR) is 42.2 cm³/mol. The Morgan fingerprint density at radius 3 is 2.64 bits per heavy atom. The lowest BCUT2D eigenvalue weighted by Crippen LogP contribution is -2.38. The molecule has 0 aromatic carbocycles. The summed E-state index contributed by atoms with van der Waals surface area (Å²) in [4.78, 5) is 11.4. The van der Waals surface area contributed by atoms with Gasteiger partial charge in [-0.25, -0.2) is 0 Å². The summed E-state index contributed by atoms with van der Waals surface area (Å²) >= 11 is 0. The average Bonchev–Trinajstić information content (AvgIpc) is 2.33. The Morgan fingerprint density at radius 1 is 1.64 bits per heavy atom. The summed E-state index contributed by atoms with van der Waals surface area (Å²) in [6, 6.07) is -0.0788. The molecule has 2 unspecified atom stereocenters. The van der Waals surface area contributed by atoms with Crippen molar-refractivity contribution in [3.05, 3.63) is 0 Å². The van der Waals surface area contributed by atoms with Crippen LogP contribution >= 0.6 is 0 Å². The van der Waals surface area contributed by atoms with Crippen LogP contribution in [0.4, 0.5) is 0 Å². The molecule has 0 saturated carbocycles. The van der Waals surface area contributed by atoms with Crippen molar-refractivity contribution < 1.29 is 9.53 Å². The van der Waals surface area contributed by atoms with Gasteiger partial charge in [-0.15, -0.1) is 0 Å². The molecule has 2 atom stereocenters. The molecule has 0 spiro atoms. The minimum Gasteiger partial charge on any atom is -0.369 e. The summed E-state index contributed by atoms with van der Waals surface area (Å²) < 4.78 is 5.21. The molecular weight excluding hydrogens is 142 g/mol. The maximum absolute atomic E-state index is 11.4. The number of hydrogen-bond acceptors (Lipinski definition) is 3. The SMILES string of the molecule is CC(C)C(=O)C1OCCC1N. The van der Waals surface area contributed by atoms with Gasteiger partial charge in [-0.2, -0.15) is 0 Å². The molecule has 1 fully saturated rings. The van der Waals surface area contributed by atoms with Gasteiger partial charge in [0.25, 0.3) is 0 Å². The van der Waals surface area contributed by atoms with E-state index in [0.717, 1.165) is 6.42 Å². The lowest BCUT2D eigenvalue weighted by atomic mass is 9.99. The first-order valence-corrected chi connectivity index (χ1v) is 4.04. The second-order valence-corrected chi connectivity index (χ2v) is 3.30. The van der Waals surface area contributed by atoms with Gasteiger partial charge >= 0.3 is 0 Å². The minimum absolute atomic E-state index is 0.0316. The number of nitrogens with two attached hydrogens (primary N) is 1. The van der Waals surface area contributed by atoms with E-state index in [2.05, 4.69) is 0 Å². The van der Waals surface area contributed by atoms with Crippen molar-refractivity contribution in [3.8, 4) is 0 Å². The summed E-state index contributed by atoms with van der Waals surface area (Å²) in [5.74, 6) is 0.166. The summed E-state index contributed by atoms with van der Waals surface area (Å²) in [7, 11) is 0. The highest BCUT2D eigenvalue weighted by molar-refractivity contribution is 5.85. The number of rotatable bonds is 2. The van der Waals surface area contributed by atoms with Gasteiger partial charge in [0.1, 0.15) is 6.10 Å². The van der Waals surface area contributed by atoms with E-state index in [1.807, 2.05) is 13.8 Å². The van der Waals surface area contributed by atoms with Crippen LogP contribution in [0.15, 0.2) is 0 Å². The topological polar surface area (TPSA) is 52.3 Å². The molecule has 1 aliphatic heterocycles. The van der Waals surface area contributed by atoms with Crippen LogP contribution in [-0.2, 0) is 9.53 Å². The number of ether oxygens (including phenoxy) is 1. The van der Waals surface area contributed by atoms with Crippen LogP contribution in [0.3, 0.4) is 0 Å². The maximum Gasteiger partial charge on any atom is 0.165 e. The second-order valence-electron chi connectivity index (χ2n) is 3.30. The van der Waals surface area contributed by atoms with Gasteiger partial charge in [0.05, 0.1) is 0 Å². The summed E-state index contributed by atoms with van der Waals surface area (Å²) in [5, 5.41) is 0. The van der Waals surface area contributed by atoms with Crippen LogP contribution in [0.25, 0.3) is 0 Å². The van der Waals surface area contributed by atoms with E-state index in [4.69, 9.17) is 10.5 Å². The molecule has 3 heteroatoms. The lowest BCUT2D eigenvalue weighted by molar-refractivity contribution is -0.131. The Bertz CT molecular complexity index is 156. The number of hydrogen-bond donors (Lipinski definition) is 1. The maximum atomic E-state index is 11.4. The zero-order chi connectivity index (χ0) is 8.43. The Kier molecular flexibility index (Phi) is 2.62.